The van der Waals surface area contributed by atoms with Gasteiger partial charge in [-0.1, -0.05) is 6.07 Å². The van der Waals surface area contributed by atoms with Crippen LogP contribution in [-0.4, -0.2) is 33.4 Å². The normalized spacial score (nSPS) is 18.6. The number of ether oxygens (including phenoxy) is 3. The summed E-state index contributed by atoms with van der Waals surface area (Å²) in [7, 11) is 4.82. The zero-order chi connectivity index (χ0) is 20.8. The van der Waals surface area contributed by atoms with Crippen molar-refractivity contribution in [2.45, 2.75) is 44.2 Å². The minimum absolute atomic E-state index is 0.301. The van der Waals surface area contributed by atoms with Gasteiger partial charge in [-0.05, 0) is 67.5 Å². The van der Waals surface area contributed by atoms with Gasteiger partial charge in [0, 0.05) is 12.1 Å². The molecule has 154 valence electrons. The predicted octanol–water partition coefficient (Wildman–Crippen LogP) is 3.86. The van der Waals surface area contributed by atoms with Crippen LogP contribution in [0.2, 0.25) is 0 Å². The number of anilines is 1. The smallest absolute Gasteiger partial charge is 0.203 e. The first-order valence-electron chi connectivity index (χ1n) is 9.92. The molecule has 0 spiro atoms. The van der Waals surface area contributed by atoms with Crippen molar-refractivity contribution < 1.29 is 14.2 Å². The number of nitrogens with one attached hydrogen (secondary N) is 1. The van der Waals surface area contributed by atoms with Gasteiger partial charge in [0.2, 0.25) is 5.75 Å². The van der Waals surface area contributed by atoms with Crippen molar-refractivity contribution in [1.29, 1.82) is 5.26 Å². The van der Waals surface area contributed by atoms with E-state index >= 15 is 0 Å². The Balaban J connectivity index is 1.84. The number of methoxy groups -OCH3 is 3. The summed E-state index contributed by atoms with van der Waals surface area (Å²) in [6.45, 7) is 0. The van der Waals surface area contributed by atoms with Gasteiger partial charge in [0.05, 0.1) is 32.6 Å². The van der Waals surface area contributed by atoms with E-state index < -0.39 is 0 Å². The van der Waals surface area contributed by atoms with Crippen molar-refractivity contribution in [3.8, 4) is 23.3 Å². The molecule has 0 amide bonds. The van der Waals surface area contributed by atoms with Crippen LogP contribution in [0.25, 0.3) is 0 Å². The topological polar surface area (TPSA) is 89.5 Å². The van der Waals surface area contributed by atoms with Gasteiger partial charge in [-0.25, -0.2) is 0 Å². The summed E-state index contributed by atoms with van der Waals surface area (Å²) in [5.41, 5.74) is 9.71. The molecule has 0 bridgehead atoms. The summed E-state index contributed by atoms with van der Waals surface area (Å²) in [4.78, 5) is 0. The average Bonchev–Trinajstić information content (AvgIpc) is 2.74. The Labute approximate surface area is 172 Å². The fourth-order valence-corrected chi connectivity index (χ4v) is 3.87. The summed E-state index contributed by atoms with van der Waals surface area (Å²) < 4.78 is 16.3. The lowest BCUT2D eigenvalue weighted by Gasteiger charge is -2.28. The van der Waals surface area contributed by atoms with E-state index in [2.05, 4.69) is 17.5 Å². The molecule has 1 aliphatic rings. The number of hydrogen-bond acceptors (Lipinski definition) is 6. The number of nitrogens with zero attached hydrogens (tertiary/aromatic N) is 1. The van der Waals surface area contributed by atoms with Crippen LogP contribution in [0.4, 0.5) is 5.69 Å². The number of nitriles is 1. The summed E-state index contributed by atoms with van der Waals surface area (Å²) in [6, 6.07) is 12.8. The second kappa shape index (κ2) is 9.53. The molecule has 0 aliphatic heterocycles. The van der Waals surface area contributed by atoms with E-state index in [4.69, 9.17) is 19.9 Å². The first-order chi connectivity index (χ1) is 14.1. The van der Waals surface area contributed by atoms with Crippen LogP contribution in [0.3, 0.4) is 0 Å². The van der Waals surface area contributed by atoms with E-state index in [0.29, 0.717) is 41.3 Å². The van der Waals surface area contributed by atoms with Crippen molar-refractivity contribution in [3.05, 3.63) is 47.0 Å². The van der Waals surface area contributed by atoms with Crippen LogP contribution < -0.4 is 25.3 Å². The lowest BCUT2D eigenvalue weighted by molar-refractivity contribution is 0.324. The average molecular weight is 396 g/mol. The summed E-state index contributed by atoms with van der Waals surface area (Å²) in [5, 5.41) is 13.1. The van der Waals surface area contributed by atoms with Crippen LogP contribution in [-0.2, 0) is 6.42 Å². The number of hydrogen-bond donors (Lipinski definition) is 2. The minimum atomic E-state index is 0.301. The highest BCUT2D eigenvalue weighted by Gasteiger charge is 2.19. The Morgan fingerprint density at radius 3 is 2.17 bits per heavy atom. The van der Waals surface area contributed by atoms with Crippen LogP contribution >= 0.6 is 0 Å². The SMILES string of the molecule is COc1cc(Cc2ccc(C#N)c(NC3CCC(N)CC3)c2)cc(OC)c1OC. The zero-order valence-electron chi connectivity index (χ0n) is 17.3. The number of nitrogens with two attached hydrogens (primary N) is 1. The first kappa shape index (κ1) is 20.8. The summed E-state index contributed by atoms with van der Waals surface area (Å²) in [5.74, 6) is 1.84. The van der Waals surface area contributed by atoms with E-state index in [1.54, 1.807) is 21.3 Å². The lowest BCUT2D eigenvalue weighted by atomic mass is 9.91. The molecule has 1 aliphatic carbocycles. The molecule has 0 heterocycles. The quantitative estimate of drug-likeness (QED) is 0.740. The highest BCUT2D eigenvalue weighted by molar-refractivity contribution is 5.60. The maximum atomic E-state index is 9.51. The molecule has 0 saturated heterocycles. The number of rotatable bonds is 7. The molecule has 29 heavy (non-hydrogen) atoms. The Bertz CT molecular complexity index is 858. The molecular formula is C23H29N3O3. The Morgan fingerprint density at radius 1 is 0.966 bits per heavy atom. The fraction of sp³-hybridized carbons (Fsp3) is 0.435. The van der Waals surface area contributed by atoms with Gasteiger partial charge in [0.25, 0.3) is 0 Å². The van der Waals surface area contributed by atoms with Gasteiger partial charge in [-0.15, -0.1) is 0 Å². The second-order valence-electron chi connectivity index (χ2n) is 7.46. The van der Waals surface area contributed by atoms with E-state index in [-0.39, 0.29) is 0 Å². The van der Waals surface area contributed by atoms with Gasteiger partial charge in [0.1, 0.15) is 6.07 Å². The third-order valence-corrected chi connectivity index (χ3v) is 5.47. The predicted molar refractivity (Wildman–Crippen MR) is 114 cm³/mol. The highest BCUT2D eigenvalue weighted by atomic mass is 16.5. The van der Waals surface area contributed by atoms with Crippen molar-refractivity contribution in [3.63, 3.8) is 0 Å². The van der Waals surface area contributed by atoms with Gasteiger partial charge < -0.3 is 25.3 Å². The molecule has 1 fully saturated rings. The zero-order valence-corrected chi connectivity index (χ0v) is 17.3. The molecule has 1 saturated carbocycles. The van der Waals surface area contributed by atoms with Gasteiger partial charge in [0.15, 0.2) is 11.5 Å². The van der Waals surface area contributed by atoms with E-state index in [0.717, 1.165) is 42.5 Å². The standard InChI is InChI=1S/C23H29N3O3/c1-27-21-12-16(13-22(28-2)23(21)29-3)10-15-4-5-17(14-24)20(11-15)26-19-8-6-18(25)7-9-19/h4-5,11-13,18-19,26H,6-10,25H2,1-3H3. The molecule has 2 aromatic rings. The third-order valence-electron chi connectivity index (χ3n) is 5.47. The molecular weight excluding hydrogens is 366 g/mol. The largest absolute Gasteiger partial charge is 0.493 e. The molecule has 6 heteroatoms. The second-order valence-corrected chi connectivity index (χ2v) is 7.46. The maximum Gasteiger partial charge on any atom is 0.203 e. The summed E-state index contributed by atoms with van der Waals surface area (Å²) in [6.07, 6.45) is 4.79. The van der Waals surface area contributed by atoms with Gasteiger partial charge in [-0.3, -0.25) is 0 Å². The van der Waals surface area contributed by atoms with Crippen LogP contribution in [0.1, 0.15) is 42.4 Å². The fourth-order valence-electron chi connectivity index (χ4n) is 3.87. The van der Waals surface area contributed by atoms with Crippen LogP contribution in [0.15, 0.2) is 30.3 Å². The van der Waals surface area contributed by atoms with Crippen molar-refractivity contribution >= 4 is 5.69 Å². The maximum absolute atomic E-state index is 9.51. The molecule has 0 unspecified atom stereocenters. The van der Waals surface area contributed by atoms with Crippen molar-refractivity contribution in [2.75, 3.05) is 26.6 Å². The minimum Gasteiger partial charge on any atom is -0.493 e. The van der Waals surface area contributed by atoms with Gasteiger partial charge in [-0.2, -0.15) is 5.26 Å². The van der Waals surface area contributed by atoms with E-state index in [1.165, 1.54) is 0 Å². The van der Waals surface area contributed by atoms with Crippen molar-refractivity contribution in [1.82, 2.24) is 0 Å². The Hall–Kier alpha value is -2.91. The van der Waals surface area contributed by atoms with Crippen LogP contribution in [0.5, 0.6) is 17.2 Å². The highest BCUT2D eigenvalue weighted by Crippen LogP contribution is 2.39. The monoisotopic (exact) mass is 395 g/mol. The molecule has 3 rings (SSSR count). The van der Waals surface area contributed by atoms with Crippen molar-refractivity contribution in [2.24, 2.45) is 5.73 Å². The van der Waals surface area contributed by atoms with Crippen LogP contribution in [0, 0.1) is 11.3 Å². The third kappa shape index (κ3) is 4.93. The molecule has 0 aromatic heterocycles. The van der Waals surface area contributed by atoms with E-state index in [9.17, 15) is 5.26 Å². The number of benzene rings is 2. The lowest BCUT2D eigenvalue weighted by Crippen LogP contribution is -2.33. The van der Waals surface area contributed by atoms with Gasteiger partial charge >= 0.3 is 0 Å². The Morgan fingerprint density at radius 2 is 1.62 bits per heavy atom. The Kier molecular flexibility index (Phi) is 6.84. The molecule has 3 N–H and O–H groups in total. The molecule has 0 radical (unpaired) electrons. The first-order valence-corrected chi connectivity index (χ1v) is 9.92. The molecule has 2 aromatic carbocycles. The summed E-state index contributed by atoms with van der Waals surface area (Å²) >= 11 is 0. The van der Waals surface area contributed by atoms with E-state index in [1.807, 2.05) is 24.3 Å². The molecule has 0 atom stereocenters. The molecule has 6 nitrogen and oxygen atoms in total.